The van der Waals surface area contributed by atoms with Gasteiger partial charge >= 0.3 is 0 Å². The van der Waals surface area contributed by atoms with Crippen molar-refractivity contribution in [2.24, 2.45) is 5.92 Å². The van der Waals surface area contributed by atoms with Gasteiger partial charge in [0.1, 0.15) is 17.5 Å². The Kier molecular flexibility index (Phi) is 3.15. The van der Waals surface area contributed by atoms with E-state index < -0.39 is 0 Å². The number of nitrogens with zero attached hydrogens (tertiary/aromatic N) is 2. The predicted octanol–water partition coefficient (Wildman–Crippen LogP) is 3.33. The summed E-state index contributed by atoms with van der Waals surface area (Å²) >= 11 is 0. The molecule has 0 fully saturated rings. The number of benzene rings is 1. The first-order valence-electron chi connectivity index (χ1n) is 6.97. The Morgan fingerprint density at radius 2 is 2.05 bits per heavy atom. The Morgan fingerprint density at radius 3 is 2.75 bits per heavy atom. The molecular weight excluding hydrogens is 246 g/mol. The zero-order valence-corrected chi connectivity index (χ0v) is 11.6. The first-order chi connectivity index (χ1) is 9.70. The summed E-state index contributed by atoms with van der Waals surface area (Å²) in [6.45, 7) is 2.25. The summed E-state index contributed by atoms with van der Waals surface area (Å²) in [5.74, 6) is 0.988. The fraction of sp³-hybridized carbons (Fsp3) is 0.294. The molecule has 0 aliphatic heterocycles. The summed E-state index contributed by atoms with van der Waals surface area (Å²) < 4.78 is 0. The van der Waals surface area contributed by atoms with Crippen LogP contribution in [0.25, 0.3) is 11.1 Å². The number of nitrogens with two attached hydrogens (primary N) is 1. The third-order valence-corrected chi connectivity index (χ3v) is 4.01. The minimum atomic E-state index is 0.361. The van der Waals surface area contributed by atoms with Crippen LogP contribution in [0, 0.1) is 17.2 Å². The third-order valence-electron chi connectivity index (χ3n) is 4.01. The molecule has 3 heteroatoms. The van der Waals surface area contributed by atoms with E-state index in [0.717, 1.165) is 36.1 Å². The van der Waals surface area contributed by atoms with Gasteiger partial charge in [-0.25, -0.2) is 4.98 Å². The molecular formula is C17H17N3. The lowest BCUT2D eigenvalue weighted by atomic mass is 9.82. The van der Waals surface area contributed by atoms with Crippen molar-refractivity contribution in [2.75, 3.05) is 5.73 Å². The molecule has 100 valence electrons. The lowest BCUT2D eigenvalue weighted by Gasteiger charge is -2.24. The molecule has 1 aromatic carbocycles. The van der Waals surface area contributed by atoms with Crippen LogP contribution in [0.15, 0.2) is 30.3 Å². The monoisotopic (exact) mass is 263 g/mol. The van der Waals surface area contributed by atoms with Crippen molar-refractivity contribution in [2.45, 2.75) is 26.2 Å². The van der Waals surface area contributed by atoms with E-state index in [0.29, 0.717) is 17.3 Å². The molecule has 0 saturated carbocycles. The molecule has 20 heavy (non-hydrogen) atoms. The summed E-state index contributed by atoms with van der Waals surface area (Å²) in [6.07, 6.45) is 3.06. The largest absolute Gasteiger partial charge is 0.383 e. The second kappa shape index (κ2) is 4.97. The Balaban J connectivity index is 2.30. The molecule has 2 N–H and O–H groups in total. The lowest BCUT2D eigenvalue weighted by molar-refractivity contribution is 0.495. The van der Waals surface area contributed by atoms with Gasteiger partial charge in [-0.15, -0.1) is 0 Å². The molecule has 0 unspecified atom stereocenters. The lowest BCUT2D eigenvalue weighted by Crippen LogP contribution is -2.16. The first kappa shape index (κ1) is 12.7. The van der Waals surface area contributed by atoms with E-state index >= 15 is 0 Å². The van der Waals surface area contributed by atoms with E-state index in [9.17, 15) is 5.26 Å². The summed E-state index contributed by atoms with van der Waals surface area (Å²) in [5, 5.41) is 9.46. The first-order valence-corrected chi connectivity index (χ1v) is 6.97. The van der Waals surface area contributed by atoms with Crippen molar-refractivity contribution < 1.29 is 0 Å². The highest BCUT2D eigenvalue weighted by molar-refractivity contribution is 5.79. The molecule has 2 aromatic rings. The Hall–Kier alpha value is -2.34. The Morgan fingerprint density at radius 1 is 1.30 bits per heavy atom. The number of hydrogen-bond donors (Lipinski definition) is 1. The molecule has 1 heterocycles. The molecule has 3 rings (SSSR count). The van der Waals surface area contributed by atoms with Crippen molar-refractivity contribution in [1.82, 2.24) is 4.98 Å². The van der Waals surface area contributed by atoms with Gasteiger partial charge in [-0.2, -0.15) is 5.26 Å². The molecule has 0 saturated heterocycles. The third kappa shape index (κ3) is 2.04. The molecule has 1 aromatic heterocycles. The minimum Gasteiger partial charge on any atom is -0.383 e. The second-order valence-electron chi connectivity index (χ2n) is 5.50. The van der Waals surface area contributed by atoms with Crippen LogP contribution in [-0.4, -0.2) is 4.98 Å². The van der Waals surface area contributed by atoms with Crippen LogP contribution in [0.2, 0.25) is 0 Å². The quantitative estimate of drug-likeness (QED) is 0.858. The Labute approximate surface area is 119 Å². The van der Waals surface area contributed by atoms with Crippen LogP contribution in [-0.2, 0) is 12.8 Å². The van der Waals surface area contributed by atoms with Gasteiger partial charge in [-0.1, -0.05) is 37.3 Å². The number of anilines is 1. The maximum Gasteiger partial charge on any atom is 0.142 e. The number of nitrogen functional groups attached to an aromatic ring is 1. The normalized spacial score (nSPS) is 17.3. The fourth-order valence-electron chi connectivity index (χ4n) is 2.99. The van der Waals surface area contributed by atoms with Crippen molar-refractivity contribution in [3.05, 3.63) is 47.2 Å². The number of aromatic nitrogens is 1. The highest BCUT2D eigenvalue weighted by Crippen LogP contribution is 2.36. The van der Waals surface area contributed by atoms with Crippen molar-refractivity contribution in [1.29, 1.82) is 5.26 Å². The standard InChI is InChI=1S/C17H17N3/c1-11-7-8-15-13(9-11)16(12-5-3-2-4-6-12)14(10-18)17(19)20-15/h2-6,11H,7-9H2,1H3,(H2,19,20)/t11-/m1/s1. The minimum absolute atomic E-state index is 0.361. The number of pyridine rings is 1. The maximum atomic E-state index is 9.46. The van der Waals surface area contributed by atoms with E-state index in [1.54, 1.807) is 0 Å². The van der Waals surface area contributed by atoms with Gasteiger partial charge in [-0.05, 0) is 36.3 Å². The fourth-order valence-corrected chi connectivity index (χ4v) is 2.99. The number of rotatable bonds is 1. The smallest absolute Gasteiger partial charge is 0.142 e. The summed E-state index contributed by atoms with van der Waals surface area (Å²) in [5.41, 5.74) is 10.8. The van der Waals surface area contributed by atoms with Gasteiger partial charge in [0.2, 0.25) is 0 Å². The van der Waals surface area contributed by atoms with Crippen molar-refractivity contribution in [3.8, 4) is 17.2 Å². The maximum absolute atomic E-state index is 9.46. The van der Waals surface area contributed by atoms with E-state index in [1.807, 2.05) is 30.3 Å². The van der Waals surface area contributed by atoms with Gasteiger partial charge in [-0.3, -0.25) is 0 Å². The van der Waals surface area contributed by atoms with Crippen LogP contribution >= 0.6 is 0 Å². The number of hydrogen-bond acceptors (Lipinski definition) is 3. The van der Waals surface area contributed by atoms with Gasteiger partial charge < -0.3 is 5.73 Å². The van der Waals surface area contributed by atoms with Crippen LogP contribution in [0.5, 0.6) is 0 Å². The van der Waals surface area contributed by atoms with Crippen molar-refractivity contribution >= 4 is 5.82 Å². The van der Waals surface area contributed by atoms with Crippen LogP contribution in [0.1, 0.15) is 30.2 Å². The SMILES string of the molecule is C[C@@H]1CCc2nc(N)c(C#N)c(-c3ccccc3)c2C1. The average Bonchev–Trinajstić information content (AvgIpc) is 2.47. The van der Waals surface area contributed by atoms with Gasteiger partial charge in [0.25, 0.3) is 0 Å². The number of fused-ring (bicyclic) bond motifs is 1. The van der Waals surface area contributed by atoms with Crippen LogP contribution in [0.4, 0.5) is 5.82 Å². The topological polar surface area (TPSA) is 62.7 Å². The predicted molar refractivity (Wildman–Crippen MR) is 80.0 cm³/mol. The molecule has 3 nitrogen and oxygen atoms in total. The summed E-state index contributed by atoms with van der Waals surface area (Å²) in [6, 6.07) is 12.3. The van der Waals surface area contributed by atoms with E-state index in [4.69, 9.17) is 5.73 Å². The van der Waals surface area contributed by atoms with Gasteiger partial charge in [0.15, 0.2) is 0 Å². The zero-order valence-electron chi connectivity index (χ0n) is 11.6. The van der Waals surface area contributed by atoms with Crippen LogP contribution in [0.3, 0.4) is 0 Å². The van der Waals surface area contributed by atoms with Gasteiger partial charge in [0, 0.05) is 11.3 Å². The van der Waals surface area contributed by atoms with Crippen LogP contribution < -0.4 is 5.73 Å². The van der Waals surface area contributed by atoms with E-state index in [2.05, 4.69) is 18.0 Å². The average molecular weight is 263 g/mol. The highest BCUT2D eigenvalue weighted by atomic mass is 14.9. The van der Waals surface area contributed by atoms with E-state index in [1.165, 1.54) is 5.56 Å². The summed E-state index contributed by atoms with van der Waals surface area (Å²) in [4.78, 5) is 4.46. The molecule has 0 bridgehead atoms. The number of nitriles is 1. The van der Waals surface area contributed by atoms with Crippen molar-refractivity contribution in [3.63, 3.8) is 0 Å². The second-order valence-corrected chi connectivity index (χ2v) is 5.50. The van der Waals surface area contributed by atoms with E-state index in [-0.39, 0.29) is 0 Å². The molecule has 1 atom stereocenters. The zero-order chi connectivity index (χ0) is 14.1. The van der Waals surface area contributed by atoms with Gasteiger partial charge in [0.05, 0.1) is 0 Å². The molecule has 0 radical (unpaired) electrons. The summed E-state index contributed by atoms with van der Waals surface area (Å²) in [7, 11) is 0. The number of aryl methyl sites for hydroxylation is 1. The highest BCUT2D eigenvalue weighted by Gasteiger charge is 2.24. The Bertz CT molecular complexity index is 684. The molecule has 1 aliphatic carbocycles. The molecule has 1 aliphatic rings. The molecule has 0 spiro atoms. The molecule has 0 amide bonds.